The van der Waals surface area contributed by atoms with Gasteiger partial charge in [0.2, 0.25) is 0 Å². The molecule has 2 unspecified atom stereocenters. The summed E-state index contributed by atoms with van der Waals surface area (Å²) in [6.07, 6.45) is 2.09. The van der Waals surface area contributed by atoms with Gasteiger partial charge in [0, 0.05) is 26.6 Å². The van der Waals surface area contributed by atoms with Crippen molar-refractivity contribution in [2.24, 2.45) is 0 Å². The van der Waals surface area contributed by atoms with Gasteiger partial charge in [-0.2, -0.15) is 0 Å². The Hall–Kier alpha value is -0.260. The minimum Gasteiger partial charge on any atom is -0.306 e. The highest BCUT2D eigenvalue weighted by Gasteiger charge is 2.24. The van der Waals surface area contributed by atoms with Crippen molar-refractivity contribution in [2.75, 3.05) is 13.1 Å². The number of rotatable bonds is 2. The first kappa shape index (κ1) is 13.7. The smallest absolute Gasteiger partial charge is 0.306 e. The molecule has 102 valence electrons. The second kappa shape index (κ2) is 5.62. The summed E-state index contributed by atoms with van der Waals surface area (Å²) in [7, 11) is 5.58. The molecule has 1 N–H and O–H groups in total. The fourth-order valence-corrected chi connectivity index (χ4v) is 4.86. The summed E-state index contributed by atoms with van der Waals surface area (Å²) >= 11 is 0. The maximum atomic E-state index is 12.1. The van der Waals surface area contributed by atoms with E-state index in [0.29, 0.717) is 6.04 Å². The van der Waals surface area contributed by atoms with Crippen molar-refractivity contribution in [3.8, 4) is 0 Å². The Labute approximate surface area is 117 Å². The number of H-pyrrole nitrogens is 1. The zero-order valence-corrected chi connectivity index (χ0v) is 13.8. The lowest BCUT2D eigenvalue weighted by molar-refractivity contribution is 0.289. The van der Waals surface area contributed by atoms with E-state index in [9.17, 15) is 4.79 Å². The molecule has 0 amide bonds. The number of aromatic nitrogens is 2. The number of fused-ring (bicyclic) bond motifs is 1. The molecule has 2 heterocycles. The van der Waals surface area contributed by atoms with Crippen LogP contribution < -0.4 is 5.69 Å². The average molecular weight is 313 g/mol. The average Bonchev–Trinajstić information content (AvgIpc) is 2.74. The van der Waals surface area contributed by atoms with Crippen LogP contribution in [0.1, 0.15) is 18.9 Å². The summed E-state index contributed by atoms with van der Waals surface area (Å²) in [5.41, 5.74) is 2.00. The largest absolute Gasteiger partial charge is 0.326 e. The number of nitrogens with one attached hydrogen (secondary N) is 1. The van der Waals surface area contributed by atoms with Gasteiger partial charge < -0.3 is 4.98 Å². The molecular formula is C12H18N3OP3. The number of benzene rings is 1. The molecule has 2 aromatic rings. The van der Waals surface area contributed by atoms with E-state index in [2.05, 4.69) is 27.5 Å². The van der Waals surface area contributed by atoms with Gasteiger partial charge in [-0.15, -0.1) is 0 Å². The Morgan fingerprint density at radius 1 is 1.21 bits per heavy atom. The minimum atomic E-state index is -0.166. The van der Waals surface area contributed by atoms with Crippen LogP contribution in [0.3, 0.4) is 0 Å². The van der Waals surface area contributed by atoms with Crippen LogP contribution in [0.15, 0.2) is 29.1 Å². The van der Waals surface area contributed by atoms with E-state index in [4.69, 9.17) is 0 Å². The van der Waals surface area contributed by atoms with Crippen molar-refractivity contribution in [1.82, 2.24) is 14.2 Å². The number of nitrogens with zero attached hydrogens (tertiary/aromatic N) is 2. The zero-order chi connectivity index (χ0) is 13.4. The standard InChI is InChI=1S/C12H18N3OP3/c16-12-13-10-3-1-2-4-11(10)15(12)9-5-7-14(8-6-9)19(17)18/h1-4,9H,5-8,17-18H2,(H,13,16). The molecule has 0 bridgehead atoms. The molecule has 1 aliphatic rings. The highest BCUT2D eigenvalue weighted by atomic mass is 32.4. The van der Waals surface area contributed by atoms with Crippen LogP contribution in [-0.2, 0) is 0 Å². The van der Waals surface area contributed by atoms with Gasteiger partial charge in [-0.3, -0.25) is 9.24 Å². The van der Waals surface area contributed by atoms with Gasteiger partial charge >= 0.3 is 5.69 Å². The van der Waals surface area contributed by atoms with Crippen LogP contribution in [0.2, 0.25) is 0 Å². The molecule has 1 saturated heterocycles. The van der Waals surface area contributed by atoms with Crippen LogP contribution >= 0.6 is 25.3 Å². The molecule has 0 spiro atoms. The topological polar surface area (TPSA) is 41.0 Å². The summed E-state index contributed by atoms with van der Waals surface area (Å²) in [5.74, 6) is 0. The first-order valence-electron chi connectivity index (χ1n) is 6.40. The molecule has 7 heteroatoms. The lowest BCUT2D eigenvalue weighted by atomic mass is 10.1. The Bertz CT molecular complexity index is 628. The fourth-order valence-electron chi connectivity index (χ4n) is 2.78. The quantitative estimate of drug-likeness (QED) is 0.866. The maximum Gasteiger partial charge on any atom is 0.326 e. The molecular weight excluding hydrogens is 295 g/mol. The van der Waals surface area contributed by atoms with E-state index in [0.717, 1.165) is 37.0 Å². The van der Waals surface area contributed by atoms with Crippen LogP contribution in [-0.4, -0.2) is 27.3 Å². The first-order chi connectivity index (χ1) is 9.16. The van der Waals surface area contributed by atoms with E-state index in [1.165, 1.54) is 0 Å². The molecule has 1 fully saturated rings. The zero-order valence-electron chi connectivity index (χ0n) is 10.6. The van der Waals surface area contributed by atoms with E-state index in [-0.39, 0.29) is 13.1 Å². The number of para-hydroxylation sites is 2. The molecule has 0 aliphatic carbocycles. The van der Waals surface area contributed by atoms with Crippen molar-refractivity contribution in [3.63, 3.8) is 0 Å². The van der Waals surface area contributed by atoms with Crippen molar-refractivity contribution >= 4 is 36.3 Å². The second-order valence-electron chi connectivity index (χ2n) is 4.88. The summed E-state index contributed by atoms with van der Waals surface area (Å²) in [4.78, 5) is 15.1. The van der Waals surface area contributed by atoms with Crippen LogP contribution in [0.4, 0.5) is 0 Å². The number of piperidine rings is 1. The summed E-state index contributed by atoms with van der Waals surface area (Å²) in [5, 5.41) is 0. The summed E-state index contributed by atoms with van der Waals surface area (Å²) in [6, 6.07) is 8.27. The number of hydrogen-bond donors (Lipinski definition) is 1. The minimum absolute atomic E-state index is 0.0265. The Morgan fingerprint density at radius 3 is 2.58 bits per heavy atom. The van der Waals surface area contributed by atoms with E-state index in [1.807, 2.05) is 28.8 Å². The SMILES string of the molecule is O=c1[nH]c2ccccc2n1C1CCN(P(P)P)CC1. The Kier molecular flexibility index (Phi) is 4.06. The van der Waals surface area contributed by atoms with Gasteiger partial charge in [-0.25, -0.2) is 4.79 Å². The summed E-state index contributed by atoms with van der Waals surface area (Å²) < 4.78 is 4.42. The predicted molar refractivity (Wildman–Crippen MR) is 88.7 cm³/mol. The van der Waals surface area contributed by atoms with Crippen LogP contribution in [0, 0.1) is 0 Å². The second-order valence-corrected chi connectivity index (χ2v) is 11.2. The van der Waals surface area contributed by atoms with Gasteiger partial charge in [-0.1, -0.05) is 30.0 Å². The van der Waals surface area contributed by atoms with Crippen molar-refractivity contribution in [2.45, 2.75) is 18.9 Å². The van der Waals surface area contributed by atoms with Gasteiger partial charge in [-0.05, 0) is 25.0 Å². The highest BCUT2D eigenvalue weighted by molar-refractivity contribution is 8.42. The van der Waals surface area contributed by atoms with E-state index >= 15 is 0 Å². The predicted octanol–water partition coefficient (Wildman–Crippen LogP) is 2.94. The molecule has 2 atom stereocenters. The van der Waals surface area contributed by atoms with Crippen molar-refractivity contribution in [1.29, 1.82) is 0 Å². The Balaban J connectivity index is 1.90. The van der Waals surface area contributed by atoms with Gasteiger partial charge in [0.05, 0.1) is 11.0 Å². The van der Waals surface area contributed by atoms with Gasteiger partial charge in [0.25, 0.3) is 0 Å². The third-order valence-corrected chi connectivity index (χ3v) is 6.77. The van der Waals surface area contributed by atoms with Crippen molar-refractivity contribution < 1.29 is 0 Å². The first-order valence-corrected chi connectivity index (χ1v) is 10.9. The van der Waals surface area contributed by atoms with Gasteiger partial charge in [0.1, 0.15) is 0 Å². The lowest BCUT2D eigenvalue weighted by Gasteiger charge is -2.34. The molecule has 19 heavy (non-hydrogen) atoms. The van der Waals surface area contributed by atoms with E-state index in [1.54, 1.807) is 0 Å². The lowest BCUT2D eigenvalue weighted by Crippen LogP contribution is -2.33. The molecule has 1 aliphatic heterocycles. The highest BCUT2D eigenvalue weighted by Crippen LogP contribution is 2.57. The number of imidazole rings is 1. The molecule has 3 rings (SSSR count). The van der Waals surface area contributed by atoms with E-state index < -0.39 is 0 Å². The fraction of sp³-hybridized carbons (Fsp3) is 0.417. The maximum absolute atomic E-state index is 12.1. The third kappa shape index (κ3) is 2.65. The molecule has 1 aromatic carbocycles. The van der Waals surface area contributed by atoms with Crippen LogP contribution in [0.25, 0.3) is 11.0 Å². The molecule has 4 nitrogen and oxygen atoms in total. The molecule has 1 aromatic heterocycles. The van der Waals surface area contributed by atoms with Gasteiger partial charge in [0.15, 0.2) is 0 Å². The Morgan fingerprint density at radius 2 is 1.89 bits per heavy atom. The summed E-state index contributed by atoms with van der Waals surface area (Å²) in [6.45, 7) is 2.13. The normalized spacial score (nSPS) is 18.5. The molecule has 0 saturated carbocycles. The van der Waals surface area contributed by atoms with Crippen LogP contribution in [0.5, 0.6) is 0 Å². The van der Waals surface area contributed by atoms with Crippen molar-refractivity contribution in [3.05, 3.63) is 34.7 Å². The third-order valence-electron chi connectivity index (χ3n) is 3.76. The number of aromatic amines is 1. The number of hydrogen-bond acceptors (Lipinski definition) is 2. The monoisotopic (exact) mass is 313 g/mol. The molecule has 0 radical (unpaired) electrons.